The zero-order chi connectivity index (χ0) is 15.6. The molecule has 21 heavy (non-hydrogen) atoms. The summed E-state index contributed by atoms with van der Waals surface area (Å²) < 4.78 is 0. The highest BCUT2D eigenvalue weighted by Gasteiger charge is 2.27. The van der Waals surface area contributed by atoms with Gasteiger partial charge in [-0.15, -0.1) is 0 Å². The number of hydrogen-bond donors (Lipinski definition) is 2. The molecule has 0 aliphatic rings. The second-order valence-corrected chi connectivity index (χ2v) is 5.94. The number of carboxylic acids is 1. The van der Waals surface area contributed by atoms with Crippen LogP contribution in [0.15, 0.2) is 24.4 Å². The predicted molar refractivity (Wildman–Crippen MR) is 79.1 cm³/mol. The average Bonchev–Trinajstić information content (AvgIpc) is 2.83. The summed E-state index contributed by atoms with van der Waals surface area (Å²) in [5, 5.41) is 16.5. The van der Waals surface area contributed by atoms with Crippen LogP contribution in [0.5, 0.6) is 0 Å². The molecule has 0 unspecified atom stereocenters. The summed E-state index contributed by atoms with van der Waals surface area (Å²) in [6.07, 6.45) is 1.62. The number of carbonyl (C=O) groups excluding carboxylic acids is 1. The molecule has 1 heterocycles. The monoisotopic (exact) mass is 289 g/mol. The maximum atomic E-state index is 12.7. The Morgan fingerprint density at radius 3 is 2.67 bits per heavy atom. The van der Waals surface area contributed by atoms with Crippen LogP contribution < -0.4 is 0 Å². The van der Waals surface area contributed by atoms with Crippen molar-refractivity contribution in [2.45, 2.75) is 32.7 Å². The molecule has 0 bridgehead atoms. The molecule has 2 rings (SSSR count). The maximum absolute atomic E-state index is 12.7. The highest BCUT2D eigenvalue weighted by molar-refractivity contribution is 5.98. The minimum Gasteiger partial charge on any atom is -0.481 e. The second kappa shape index (κ2) is 5.55. The van der Waals surface area contributed by atoms with E-state index in [0.29, 0.717) is 5.56 Å². The maximum Gasteiger partial charge on any atom is 0.305 e. The van der Waals surface area contributed by atoms with Crippen LogP contribution in [0.2, 0.25) is 0 Å². The average molecular weight is 289 g/mol. The number of carbonyl (C=O) groups is 2. The van der Waals surface area contributed by atoms with Gasteiger partial charge in [0, 0.05) is 23.0 Å². The molecule has 2 N–H and O–H groups in total. The van der Waals surface area contributed by atoms with Gasteiger partial charge in [-0.2, -0.15) is 5.10 Å². The Balaban J connectivity index is 2.29. The van der Waals surface area contributed by atoms with Gasteiger partial charge in [0.15, 0.2) is 0 Å². The number of aromatic amines is 1. The molecule has 1 amide bonds. The molecule has 6 nitrogen and oxygen atoms in total. The number of hydrogen-bond acceptors (Lipinski definition) is 3. The normalized spacial score (nSPS) is 11.6. The lowest BCUT2D eigenvalue weighted by atomic mass is 10.0. The quantitative estimate of drug-likeness (QED) is 0.904. The first-order chi connectivity index (χ1) is 9.79. The van der Waals surface area contributed by atoms with E-state index in [9.17, 15) is 9.59 Å². The number of aromatic nitrogens is 2. The van der Waals surface area contributed by atoms with Crippen molar-refractivity contribution in [1.29, 1.82) is 0 Å². The van der Waals surface area contributed by atoms with Gasteiger partial charge in [0.1, 0.15) is 0 Å². The number of nitrogens with zero attached hydrogens (tertiary/aromatic N) is 2. The van der Waals surface area contributed by atoms with E-state index in [1.807, 2.05) is 26.8 Å². The molecular weight excluding hydrogens is 270 g/mol. The molecular formula is C15H19N3O3. The lowest BCUT2D eigenvalue weighted by Crippen LogP contribution is -2.46. The number of nitrogens with one attached hydrogen (secondary N) is 1. The van der Waals surface area contributed by atoms with Crippen LogP contribution in [0.3, 0.4) is 0 Å². The SMILES string of the molecule is CC(C)(C)N(CCC(=O)O)C(=O)c1ccc2cn[nH]c2c1. The Bertz CT molecular complexity index is 670. The van der Waals surface area contributed by atoms with Crippen molar-refractivity contribution in [2.75, 3.05) is 6.54 Å². The lowest BCUT2D eigenvalue weighted by Gasteiger charge is -2.35. The van der Waals surface area contributed by atoms with E-state index in [1.54, 1.807) is 23.2 Å². The van der Waals surface area contributed by atoms with E-state index >= 15 is 0 Å². The third kappa shape index (κ3) is 3.39. The van der Waals surface area contributed by atoms with E-state index in [2.05, 4.69) is 10.2 Å². The molecule has 0 radical (unpaired) electrons. The van der Waals surface area contributed by atoms with Gasteiger partial charge in [0.05, 0.1) is 18.1 Å². The van der Waals surface area contributed by atoms with Crippen molar-refractivity contribution in [1.82, 2.24) is 15.1 Å². The van der Waals surface area contributed by atoms with Crippen LogP contribution in [-0.4, -0.2) is 44.2 Å². The zero-order valence-corrected chi connectivity index (χ0v) is 12.4. The molecule has 0 saturated heterocycles. The molecule has 0 fully saturated rings. The van der Waals surface area contributed by atoms with Crippen molar-refractivity contribution in [2.24, 2.45) is 0 Å². The first-order valence-corrected chi connectivity index (χ1v) is 6.76. The van der Waals surface area contributed by atoms with Gasteiger partial charge in [-0.1, -0.05) is 6.07 Å². The fraction of sp³-hybridized carbons (Fsp3) is 0.400. The van der Waals surface area contributed by atoms with Crippen molar-refractivity contribution in [3.63, 3.8) is 0 Å². The van der Waals surface area contributed by atoms with Gasteiger partial charge in [-0.25, -0.2) is 0 Å². The van der Waals surface area contributed by atoms with Crippen LogP contribution in [0.4, 0.5) is 0 Å². The third-order valence-electron chi connectivity index (χ3n) is 3.29. The number of rotatable bonds is 4. The van der Waals surface area contributed by atoms with Gasteiger partial charge in [-0.05, 0) is 32.9 Å². The summed E-state index contributed by atoms with van der Waals surface area (Å²) in [6, 6.07) is 5.30. The molecule has 1 aromatic carbocycles. The Morgan fingerprint density at radius 1 is 1.33 bits per heavy atom. The predicted octanol–water partition coefficient (Wildman–Crippen LogP) is 2.28. The second-order valence-electron chi connectivity index (χ2n) is 5.94. The Hall–Kier alpha value is -2.37. The number of benzene rings is 1. The van der Waals surface area contributed by atoms with Crippen molar-refractivity contribution < 1.29 is 14.7 Å². The highest BCUT2D eigenvalue weighted by atomic mass is 16.4. The number of fused-ring (bicyclic) bond motifs is 1. The smallest absolute Gasteiger partial charge is 0.305 e. The standard InChI is InChI=1S/C15H19N3O3/c1-15(2,3)18(7-6-13(19)20)14(21)10-4-5-11-9-16-17-12(11)8-10/h4-5,8-9H,6-7H2,1-3H3,(H,16,17)(H,19,20). The van der Waals surface area contributed by atoms with Crippen LogP contribution in [0.25, 0.3) is 10.9 Å². The van der Waals surface area contributed by atoms with Crippen LogP contribution in [0, 0.1) is 0 Å². The molecule has 0 saturated carbocycles. The summed E-state index contributed by atoms with van der Waals surface area (Å²) in [5.41, 5.74) is 0.857. The van der Waals surface area contributed by atoms with Crippen molar-refractivity contribution in [3.8, 4) is 0 Å². The van der Waals surface area contributed by atoms with E-state index in [-0.39, 0.29) is 18.9 Å². The Kier molecular flexibility index (Phi) is 3.97. The summed E-state index contributed by atoms with van der Waals surface area (Å²) in [6.45, 7) is 5.85. The van der Waals surface area contributed by atoms with Crippen LogP contribution in [0.1, 0.15) is 37.6 Å². The van der Waals surface area contributed by atoms with Gasteiger partial charge in [0.25, 0.3) is 5.91 Å². The fourth-order valence-electron chi connectivity index (χ4n) is 2.17. The van der Waals surface area contributed by atoms with E-state index in [0.717, 1.165) is 10.9 Å². The van der Waals surface area contributed by atoms with Crippen molar-refractivity contribution >= 4 is 22.8 Å². The van der Waals surface area contributed by atoms with Crippen LogP contribution >= 0.6 is 0 Å². The summed E-state index contributed by atoms with van der Waals surface area (Å²) >= 11 is 0. The topological polar surface area (TPSA) is 86.3 Å². The number of amides is 1. The van der Waals surface area contributed by atoms with E-state index < -0.39 is 11.5 Å². The van der Waals surface area contributed by atoms with E-state index in [4.69, 9.17) is 5.11 Å². The first kappa shape index (κ1) is 15.0. The minimum absolute atomic E-state index is 0.0741. The molecule has 6 heteroatoms. The van der Waals surface area contributed by atoms with Gasteiger partial charge in [0.2, 0.25) is 0 Å². The van der Waals surface area contributed by atoms with Gasteiger partial charge in [-0.3, -0.25) is 14.7 Å². The third-order valence-corrected chi connectivity index (χ3v) is 3.29. The lowest BCUT2D eigenvalue weighted by molar-refractivity contribution is -0.137. The molecule has 2 aromatic rings. The summed E-state index contributed by atoms with van der Waals surface area (Å²) in [7, 11) is 0. The number of aliphatic carboxylic acids is 1. The minimum atomic E-state index is -0.916. The van der Waals surface area contributed by atoms with Crippen molar-refractivity contribution in [3.05, 3.63) is 30.0 Å². The highest BCUT2D eigenvalue weighted by Crippen LogP contribution is 2.20. The number of H-pyrrole nitrogens is 1. The van der Waals surface area contributed by atoms with Crippen LogP contribution in [-0.2, 0) is 4.79 Å². The first-order valence-electron chi connectivity index (χ1n) is 6.76. The fourth-order valence-corrected chi connectivity index (χ4v) is 2.17. The van der Waals surface area contributed by atoms with Gasteiger partial charge < -0.3 is 10.0 Å². The molecule has 0 atom stereocenters. The molecule has 0 aliphatic carbocycles. The summed E-state index contributed by atoms with van der Waals surface area (Å²) in [5.74, 6) is -1.10. The molecule has 1 aromatic heterocycles. The molecule has 112 valence electrons. The zero-order valence-electron chi connectivity index (χ0n) is 12.4. The molecule has 0 aliphatic heterocycles. The Labute approximate surface area is 122 Å². The molecule has 0 spiro atoms. The Morgan fingerprint density at radius 2 is 2.05 bits per heavy atom. The largest absolute Gasteiger partial charge is 0.481 e. The van der Waals surface area contributed by atoms with Gasteiger partial charge >= 0.3 is 5.97 Å². The van der Waals surface area contributed by atoms with E-state index in [1.165, 1.54) is 0 Å². The summed E-state index contributed by atoms with van der Waals surface area (Å²) in [4.78, 5) is 25.0. The number of carboxylic acid groups (broad SMARTS) is 1.